The molecule has 0 radical (unpaired) electrons. The van der Waals surface area contributed by atoms with E-state index in [0.717, 1.165) is 0 Å². The van der Waals surface area contributed by atoms with Gasteiger partial charge >= 0.3 is 152 Å². The monoisotopic (exact) mass is 432 g/mol. The van der Waals surface area contributed by atoms with E-state index in [1.165, 1.54) is 17.4 Å². The van der Waals surface area contributed by atoms with Gasteiger partial charge in [0.15, 0.2) is 0 Å². The Labute approximate surface area is 172 Å². The molecule has 4 aromatic carbocycles. The topological polar surface area (TPSA) is 0 Å². The van der Waals surface area contributed by atoms with Gasteiger partial charge in [0.25, 0.3) is 0 Å². The molecule has 0 aliphatic heterocycles. The molecule has 0 amide bonds. The van der Waals surface area contributed by atoms with E-state index < -0.39 is 13.6 Å². The molecule has 0 aromatic heterocycles. The first-order valence-electron chi connectivity index (χ1n) is 8.54. The van der Waals surface area contributed by atoms with Gasteiger partial charge in [-0.05, 0) is 0 Å². The summed E-state index contributed by atoms with van der Waals surface area (Å²) >= 11 is -2.77. The number of hydrogen-bond donors (Lipinski definition) is 0. The van der Waals surface area contributed by atoms with Crippen molar-refractivity contribution in [2.45, 2.75) is 0 Å². The van der Waals surface area contributed by atoms with Crippen LogP contribution in [-0.2, 0) is 0 Å². The van der Waals surface area contributed by atoms with Crippen LogP contribution in [-0.4, -0.2) is 22.0 Å². The Morgan fingerprint density at radius 2 is 0.519 bits per heavy atom. The quantitative estimate of drug-likeness (QED) is 0.359. The first-order valence-corrected chi connectivity index (χ1v) is 12.3. The van der Waals surface area contributed by atoms with Gasteiger partial charge in [0.1, 0.15) is 0 Å². The molecule has 0 saturated heterocycles. The molecule has 0 nitrogen and oxygen atoms in total. The summed E-state index contributed by atoms with van der Waals surface area (Å²) in [7, 11) is 0. The molecular formula is C24H23AsBCl. The van der Waals surface area contributed by atoms with Crippen molar-refractivity contribution in [3.63, 3.8) is 0 Å². The molecule has 0 heterocycles. The minimum absolute atomic E-state index is 0. The summed E-state index contributed by atoms with van der Waals surface area (Å²) in [5, 5.41) is 0. The van der Waals surface area contributed by atoms with Gasteiger partial charge in [-0.1, -0.05) is 0 Å². The molecule has 0 aliphatic rings. The normalized spacial score (nSPS) is 10.4. The second-order valence-electron chi connectivity index (χ2n) is 6.01. The molecule has 0 bridgehead atoms. The number of rotatable bonds is 4. The fourth-order valence-electron chi connectivity index (χ4n) is 3.50. The molecular weight excluding hydrogens is 409 g/mol. The predicted molar refractivity (Wildman–Crippen MR) is 120 cm³/mol. The third-order valence-corrected chi connectivity index (χ3v) is 13.6. The van der Waals surface area contributed by atoms with Crippen molar-refractivity contribution >= 4 is 39.4 Å². The van der Waals surface area contributed by atoms with E-state index in [1.54, 1.807) is 0 Å². The summed E-state index contributed by atoms with van der Waals surface area (Å²) in [4.78, 5) is 0. The van der Waals surface area contributed by atoms with E-state index in [-0.39, 0.29) is 20.8 Å². The van der Waals surface area contributed by atoms with Gasteiger partial charge in [-0.2, -0.15) is 0 Å². The van der Waals surface area contributed by atoms with Gasteiger partial charge in [0.2, 0.25) is 0 Å². The van der Waals surface area contributed by atoms with Gasteiger partial charge in [-0.15, -0.1) is 0 Å². The van der Waals surface area contributed by atoms with Gasteiger partial charge in [0, 0.05) is 0 Å². The van der Waals surface area contributed by atoms with E-state index in [1.807, 2.05) is 0 Å². The van der Waals surface area contributed by atoms with Gasteiger partial charge in [0.05, 0.1) is 8.41 Å². The van der Waals surface area contributed by atoms with Crippen LogP contribution in [0.3, 0.4) is 0 Å². The van der Waals surface area contributed by atoms with Crippen molar-refractivity contribution in [1.29, 1.82) is 0 Å². The molecule has 0 aliphatic carbocycles. The third-order valence-electron chi connectivity index (χ3n) is 4.57. The molecule has 27 heavy (non-hydrogen) atoms. The molecule has 0 fully saturated rings. The Kier molecular flexibility index (Phi) is 7.54. The third kappa shape index (κ3) is 3.91. The number of halogens is 1. The van der Waals surface area contributed by atoms with Crippen molar-refractivity contribution in [1.82, 2.24) is 0 Å². The van der Waals surface area contributed by atoms with Crippen LogP contribution < -0.4 is 29.8 Å². The van der Waals surface area contributed by atoms with Crippen molar-refractivity contribution in [2.75, 3.05) is 0 Å². The maximum atomic E-state index is 2.31. The molecule has 0 unspecified atom stereocenters. The zero-order valence-corrected chi connectivity index (χ0v) is 17.0. The van der Waals surface area contributed by atoms with Crippen LogP contribution in [0, 0.1) is 0 Å². The van der Waals surface area contributed by atoms with Crippen molar-refractivity contribution in [2.24, 2.45) is 0 Å². The second-order valence-corrected chi connectivity index (χ2v) is 13.2. The molecule has 4 rings (SSSR count). The Morgan fingerprint density at radius 3 is 0.704 bits per heavy atom. The van der Waals surface area contributed by atoms with Crippen molar-refractivity contribution in [3.8, 4) is 0 Å². The van der Waals surface area contributed by atoms with Gasteiger partial charge in [-0.3, -0.25) is 0 Å². The van der Waals surface area contributed by atoms with Crippen molar-refractivity contribution < 1.29 is 12.4 Å². The Balaban J connectivity index is 0.00000131. The van der Waals surface area contributed by atoms with Crippen molar-refractivity contribution in [3.05, 3.63) is 121 Å². The molecule has 0 atom stereocenters. The number of hydrogen-bond acceptors (Lipinski definition) is 0. The summed E-state index contributed by atoms with van der Waals surface area (Å²) in [5.41, 5.74) is 0. The van der Waals surface area contributed by atoms with Crippen LogP contribution in [0.1, 0.15) is 0 Å². The fourth-order valence-corrected chi connectivity index (χ4v) is 12.5. The fraction of sp³-hybridized carbons (Fsp3) is 0. The Hall–Kier alpha value is -2.21. The molecule has 4 aromatic rings. The summed E-state index contributed by atoms with van der Waals surface area (Å²) in [6.45, 7) is 0. The standard InChI is InChI=1S/C24H20As.BH3.ClH/c1-5-13-21(14-6-1)25(22-15-7-2-8-16-22,23-17-9-3-10-18-23)24-19-11-4-12-20-24;;/h1-20H;1H3;1H/q+1;;/p-1. The summed E-state index contributed by atoms with van der Waals surface area (Å²) in [5.74, 6) is 0. The average Bonchev–Trinajstić information content (AvgIpc) is 2.72. The molecule has 3 heteroatoms. The van der Waals surface area contributed by atoms with Crippen LogP contribution in [0.5, 0.6) is 0 Å². The first-order chi connectivity index (χ1) is 12.4. The maximum absolute atomic E-state index is 2.77. The van der Waals surface area contributed by atoms with E-state index in [2.05, 4.69) is 121 Å². The van der Waals surface area contributed by atoms with Crippen LogP contribution in [0.4, 0.5) is 0 Å². The number of benzene rings is 4. The minimum atomic E-state index is -2.77. The molecule has 0 spiro atoms. The van der Waals surface area contributed by atoms with E-state index in [9.17, 15) is 0 Å². The first kappa shape index (κ1) is 21.1. The Morgan fingerprint density at radius 1 is 0.333 bits per heavy atom. The molecule has 134 valence electrons. The summed E-state index contributed by atoms with van der Waals surface area (Å²) < 4.78 is 5.79. The van der Waals surface area contributed by atoms with Crippen LogP contribution in [0.15, 0.2) is 121 Å². The van der Waals surface area contributed by atoms with E-state index in [0.29, 0.717) is 0 Å². The Bertz CT molecular complexity index is 765. The van der Waals surface area contributed by atoms with E-state index >= 15 is 0 Å². The zero-order valence-electron chi connectivity index (χ0n) is 14.4. The molecule has 0 N–H and O–H groups in total. The summed E-state index contributed by atoms with van der Waals surface area (Å²) in [6.07, 6.45) is 0. The van der Waals surface area contributed by atoms with Crippen LogP contribution in [0.25, 0.3) is 0 Å². The molecule has 0 saturated carbocycles. The van der Waals surface area contributed by atoms with Gasteiger partial charge in [-0.25, -0.2) is 0 Å². The van der Waals surface area contributed by atoms with Crippen LogP contribution in [0.2, 0.25) is 0 Å². The summed E-state index contributed by atoms with van der Waals surface area (Å²) in [6, 6.07) is 44.2. The zero-order chi connectivity index (χ0) is 17.0. The second kappa shape index (κ2) is 9.65. The average molecular weight is 433 g/mol. The SMILES string of the molecule is B.[Cl-].c1ccc([As+](c2ccccc2)(c2ccccc2)c2ccccc2)cc1. The van der Waals surface area contributed by atoms with E-state index in [4.69, 9.17) is 0 Å². The van der Waals surface area contributed by atoms with Gasteiger partial charge < -0.3 is 12.4 Å². The predicted octanol–water partition coefficient (Wildman–Crippen LogP) is -1.12. The van der Waals surface area contributed by atoms with Crippen LogP contribution >= 0.6 is 0 Å².